The summed E-state index contributed by atoms with van der Waals surface area (Å²) in [6, 6.07) is 0. The summed E-state index contributed by atoms with van der Waals surface area (Å²) in [5, 5.41) is 10.6. The lowest BCUT2D eigenvalue weighted by molar-refractivity contribution is -0.161. The molecule has 0 rings (SSSR count). The van der Waals surface area contributed by atoms with Crippen molar-refractivity contribution >= 4 is 39.5 Å². The quantitative estimate of drug-likeness (QED) is 0.0169. The summed E-state index contributed by atoms with van der Waals surface area (Å²) in [7, 11) is -9.95. The largest absolute Gasteiger partial charge is 0.472 e. The van der Waals surface area contributed by atoms with Gasteiger partial charge >= 0.3 is 39.5 Å². The van der Waals surface area contributed by atoms with Crippen molar-refractivity contribution < 1.29 is 80.2 Å². The predicted molar refractivity (Wildman–Crippen MR) is 409 cm³/mol. The second kappa shape index (κ2) is 73.5. The Kier molecular flexibility index (Phi) is 70.8. The molecule has 0 fully saturated rings. The summed E-state index contributed by atoms with van der Waals surface area (Å²) in [5.41, 5.74) is 0. The van der Waals surface area contributed by atoms with Gasteiger partial charge in [0.15, 0.2) is 12.2 Å². The number of aliphatic hydroxyl groups excluding tert-OH is 1. The molecule has 0 saturated heterocycles. The van der Waals surface area contributed by atoms with Crippen LogP contribution in [0.3, 0.4) is 0 Å². The number of hydrogen-bond acceptors (Lipinski definition) is 15. The molecule has 100 heavy (non-hydrogen) atoms. The van der Waals surface area contributed by atoms with Gasteiger partial charge in [0.2, 0.25) is 0 Å². The average Bonchev–Trinajstić information content (AvgIpc) is 0.937. The molecule has 17 nitrogen and oxygen atoms in total. The van der Waals surface area contributed by atoms with Gasteiger partial charge in [0, 0.05) is 25.7 Å². The number of carbonyl (C=O) groups is 4. The number of hydrogen-bond donors (Lipinski definition) is 3. The normalized spacial score (nSPS) is 14.3. The van der Waals surface area contributed by atoms with Crippen LogP contribution in [0.1, 0.15) is 349 Å². The molecule has 3 N–H and O–H groups in total. The first-order valence-corrected chi connectivity index (χ1v) is 42.8. The average molecular weight is 1450 g/mol. The third kappa shape index (κ3) is 72.6. The van der Waals surface area contributed by atoms with Crippen LogP contribution in [0.4, 0.5) is 0 Å². The van der Waals surface area contributed by atoms with E-state index >= 15 is 0 Å². The second-order valence-electron chi connectivity index (χ2n) is 26.6. The molecule has 0 saturated carbocycles. The lowest BCUT2D eigenvalue weighted by Gasteiger charge is -2.21. The van der Waals surface area contributed by atoms with Crippen molar-refractivity contribution in [3.63, 3.8) is 0 Å². The van der Waals surface area contributed by atoms with E-state index < -0.39 is 97.5 Å². The van der Waals surface area contributed by atoms with Gasteiger partial charge in [-0.3, -0.25) is 37.3 Å². The van der Waals surface area contributed by atoms with E-state index in [-0.39, 0.29) is 25.7 Å². The van der Waals surface area contributed by atoms with Crippen molar-refractivity contribution in [2.24, 2.45) is 0 Å². The third-order valence-electron chi connectivity index (χ3n) is 16.8. The van der Waals surface area contributed by atoms with Crippen LogP contribution in [-0.4, -0.2) is 96.7 Å². The lowest BCUT2D eigenvalue weighted by Crippen LogP contribution is -2.30. The zero-order valence-corrected chi connectivity index (χ0v) is 65.2. The Morgan fingerprint density at radius 1 is 0.290 bits per heavy atom. The summed E-state index contributed by atoms with van der Waals surface area (Å²) in [6.45, 7) is 4.73. The van der Waals surface area contributed by atoms with Crippen molar-refractivity contribution in [1.82, 2.24) is 0 Å². The van der Waals surface area contributed by atoms with Gasteiger partial charge in [-0.2, -0.15) is 0 Å². The Hall–Kier alpha value is -3.76. The van der Waals surface area contributed by atoms with Gasteiger partial charge in [0.25, 0.3) is 0 Å². The second-order valence-corrected chi connectivity index (χ2v) is 29.5. The molecule has 0 radical (unpaired) electrons. The maximum atomic E-state index is 13.1. The molecule has 0 aliphatic heterocycles. The van der Waals surface area contributed by atoms with E-state index in [1.54, 1.807) is 0 Å². The number of phosphoric ester groups is 2. The molecule has 0 aliphatic carbocycles. The predicted octanol–water partition coefficient (Wildman–Crippen LogP) is 23.0. The molecule has 5 unspecified atom stereocenters. The monoisotopic (exact) mass is 1450 g/mol. The maximum absolute atomic E-state index is 13.1. The lowest BCUT2D eigenvalue weighted by atomic mass is 10.1. The number of esters is 4. The first kappa shape index (κ1) is 96.2. The van der Waals surface area contributed by atoms with Gasteiger partial charge in [-0.05, 0) is 122 Å². The number of carbonyl (C=O) groups excluding carboxylic acids is 4. The zero-order valence-electron chi connectivity index (χ0n) is 63.4. The van der Waals surface area contributed by atoms with Gasteiger partial charge < -0.3 is 33.8 Å². The summed E-state index contributed by atoms with van der Waals surface area (Å²) in [5.74, 6) is -2.19. The first-order valence-electron chi connectivity index (χ1n) is 39.8. The van der Waals surface area contributed by atoms with Gasteiger partial charge in [0.05, 0.1) is 26.4 Å². The standard InChI is InChI=1S/C81H144O17P2/c1-5-9-13-17-21-25-29-32-34-36-37-39-41-44-47-50-54-58-62-66-79(84)92-72-77(98-81(86)68-64-60-56-52-48-42-31-27-23-19-15-11-7-3)74-96-100(89,90)94-70-75(82)69-93-99(87,88)95-73-76(97-80(85)67-63-59-55-51-45-28-24-20-16-12-8-4)71-91-78(83)65-61-57-53-49-46-43-40-38-35-33-30-26-22-18-14-10-6-2/h10,14,21-22,25-27,31-35,37,39,75-77,82H,5-9,11-13,15-20,23-24,28-30,36,38,40-74H2,1-4H3,(H,87,88)(H,89,90)/b14-10-,25-21-,26-22-,31-27-,34-32-,35-33-,39-37-. The Labute approximate surface area is 608 Å². The molecule has 0 amide bonds. The molecule has 0 aromatic heterocycles. The van der Waals surface area contributed by atoms with Crippen LogP contribution < -0.4 is 0 Å². The minimum atomic E-state index is -4.98. The van der Waals surface area contributed by atoms with E-state index in [1.807, 2.05) is 0 Å². The maximum Gasteiger partial charge on any atom is 0.472 e. The van der Waals surface area contributed by atoms with Crippen molar-refractivity contribution in [3.8, 4) is 0 Å². The van der Waals surface area contributed by atoms with Gasteiger partial charge in [-0.15, -0.1) is 0 Å². The van der Waals surface area contributed by atoms with E-state index in [2.05, 4.69) is 113 Å². The molecule has 0 aromatic carbocycles. The third-order valence-corrected chi connectivity index (χ3v) is 18.7. The summed E-state index contributed by atoms with van der Waals surface area (Å²) in [4.78, 5) is 72.9. The number of unbranched alkanes of at least 4 members (excludes halogenated alkanes) is 35. The van der Waals surface area contributed by atoms with Crippen molar-refractivity contribution in [2.45, 2.75) is 367 Å². The highest BCUT2D eigenvalue weighted by molar-refractivity contribution is 7.47. The summed E-state index contributed by atoms with van der Waals surface area (Å²) >= 11 is 0. The first-order chi connectivity index (χ1) is 48.7. The Bertz CT molecular complexity index is 2230. The Morgan fingerprint density at radius 2 is 0.520 bits per heavy atom. The Morgan fingerprint density at radius 3 is 0.840 bits per heavy atom. The topological polar surface area (TPSA) is 237 Å². The number of aliphatic hydroxyl groups is 1. The fourth-order valence-corrected chi connectivity index (χ4v) is 12.3. The molecule has 0 heterocycles. The highest BCUT2D eigenvalue weighted by Crippen LogP contribution is 2.45. The molecule has 580 valence electrons. The molecule has 0 spiro atoms. The van der Waals surface area contributed by atoms with Crippen LogP contribution in [0.25, 0.3) is 0 Å². The summed E-state index contributed by atoms with van der Waals surface area (Å²) in [6.07, 6.45) is 75.6. The fraction of sp³-hybridized carbons (Fsp3) is 0.778. The van der Waals surface area contributed by atoms with Crippen LogP contribution in [0.5, 0.6) is 0 Å². The molecule has 19 heteroatoms. The van der Waals surface area contributed by atoms with E-state index in [9.17, 15) is 43.2 Å². The van der Waals surface area contributed by atoms with Crippen LogP contribution in [0.2, 0.25) is 0 Å². The zero-order chi connectivity index (χ0) is 73.2. The Balaban J connectivity index is 5.30. The fourth-order valence-electron chi connectivity index (χ4n) is 10.8. The molecular formula is C81H144O17P2. The van der Waals surface area contributed by atoms with Crippen molar-refractivity contribution in [2.75, 3.05) is 39.6 Å². The minimum Gasteiger partial charge on any atom is -0.462 e. The molecule has 0 aliphatic rings. The highest BCUT2D eigenvalue weighted by atomic mass is 31.2. The van der Waals surface area contributed by atoms with Crippen LogP contribution >= 0.6 is 15.6 Å². The molecular weight excluding hydrogens is 1310 g/mol. The van der Waals surface area contributed by atoms with Crippen LogP contribution in [0.15, 0.2) is 85.1 Å². The van der Waals surface area contributed by atoms with Crippen LogP contribution in [-0.2, 0) is 65.4 Å². The highest BCUT2D eigenvalue weighted by Gasteiger charge is 2.30. The molecule has 5 atom stereocenters. The van der Waals surface area contributed by atoms with Crippen LogP contribution in [0, 0.1) is 0 Å². The number of ether oxygens (including phenoxy) is 4. The minimum absolute atomic E-state index is 0.0838. The number of allylic oxidation sites excluding steroid dienone is 14. The summed E-state index contributed by atoms with van der Waals surface area (Å²) < 4.78 is 68.5. The van der Waals surface area contributed by atoms with Gasteiger partial charge in [0.1, 0.15) is 19.3 Å². The van der Waals surface area contributed by atoms with E-state index in [0.717, 1.165) is 186 Å². The van der Waals surface area contributed by atoms with Crippen molar-refractivity contribution in [1.29, 1.82) is 0 Å². The van der Waals surface area contributed by atoms with E-state index in [4.69, 9.17) is 37.0 Å². The smallest absolute Gasteiger partial charge is 0.462 e. The van der Waals surface area contributed by atoms with Gasteiger partial charge in [-0.25, -0.2) is 9.13 Å². The molecule has 0 bridgehead atoms. The van der Waals surface area contributed by atoms with Crippen molar-refractivity contribution in [3.05, 3.63) is 85.1 Å². The van der Waals surface area contributed by atoms with Gasteiger partial charge in [-0.1, -0.05) is 286 Å². The van der Waals surface area contributed by atoms with E-state index in [0.29, 0.717) is 25.7 Å². The molecule has 0 aromatic rings. The van der Waals surface area contributed by atoms with E-state index in [1.165, 1.54) is 83.5 Å². The number of rotatable bonds is 75. The number of phosphoric acid groups is 2. The SMILES string of the molecule is CC/C=C\C/C=C\C/C=C\CCCCCCCCCC(=O)OCC(COP(=O)(O)OCC(O)COP(=O)(O)OCC(COC(=O)CCCCCCCC/C=C\C/C=C\C/C=C\CCCCC)OC(=O)CCCCCCC/C=C\CCCCCC)OC(=O)CCCCCCCCCCCCC.